The van der Waals surface area contributed by atoms with Crippen molar-refractivity contribution in [3.63, 3.8) is 0 Å². The van der Waals surface area contributed by atoms with Crippen LogP contribution in [0.25, 0.3) is 0 Å². The minimum Gasteiger partial charge on any atom is -0.406 e. The van der Waals surface area contributed by atoms with Crippen molar-refractivity contribution in [3.8, 4) is 5.75 Å². The molecule has 6 nitrogen and oxygen atoms in total. The van der Waals surface area contributed by atoms with E-state index in [1.807, 2.05) is 6.92 Å². The van der Waals surface area contributed by atoms with E-state index in [4.69, 9.17) is 5.73 Å². The van der Waals surface area contributed by atoms with Crippen LogP contribution in [0.15, 0.2) is 24.3 Å². The molecule has 1 saturated heterocycles. The number of carbonyl (C=O) groups is 2. The second-order valence-electron chi connectivity index (χ2n) is 8.71. The van der Waals surface area contributed by atoms with Gasteiger partial charge in [0.1, 0.15) is 11.9 Å². The van der Waals surface area contributed by atoms with E-state index in [9.17, 15) is 27.2 Å². The lowest BCUT2D eigenvalue weighted by molar-refractivity contribution is -0.274. The number of nitrogens with two attached hydrogens (primary N) is 1. The Morgan fingerprint density at radius 1 is 1.12 bits per heavy atom. The van der Waals surface area contributed by atoms with Gasteiger partial charge in [0.25, 0.3) is 5.91 Å². The van der Waals surface area contributed by atoms with Crippen LogP contribution >= 0.6 is 0 Å². The number of nitrogens with zero attached hydrogens (tertiary/aromatic N) is 1. The topological polar surface area (TPSA) is 84.7 Å². The molecule has 2 fully saturated rings. The van der Waals surface area contributed by atoms with Gasteiger partial charge in [0.2, 0.25) is 5.91 Å². The fourth-order valence-electron chi connectivity index (χ4n) is 4.51. The van der Waals surface area contributed by atoms with Gasteiger partial charge in [-0.25, -0.2) is 4.39 Å². The minimum atomic E-state index is -4.78. The van der Waals surface area contributed by atoms with Gasteiger partial charge < -0.3 is 20.7 Å². The largest absolute Gasteiger partial charge is 0.573 e. The minimum absolute atomic E-state index is 0.0565. The highest BCUT2D eigenvalue weighted by atomic mass is 19.4. The Morgan fingerprint density at radius 2 is 1.75 bits per heavy atom. The van der Waals surface area contributed by atoms with Gasteiger partial charge in [-0.15, -0.1) is 13.2 Å². The highest BCUT2D eigenvalue weighted by molar-refractivity contribution is 5.94. The van der Waals surface area contributed by atoms with Crippen molar-refractivity contribution in [1.82, 2.24) is 10.2 Å². The number of hydrogen-bond acceptors (Lipinski definition) is 4. The van der Waals surface area contributed by atoms with Gasteiger partial charge in [0.15, 0.2) is 0 Å². The maximum atomic E-state index is 13.4. The number of benzene rings is 1. The molecule has 1 aliphatic heterocycles. The number of ether oxygens (including phenoxy) is 1. The summed E-state index contributed by atoms with van der Waals surface area (Å²) in [6.45, 7) is 2.46. The van der Waals surface area contributed by atoms with Crippen LogP contribution in [0.1, 0.15) is 49.4 Å². The van der Waals surface area contributed by atoms with Gasteiger partial charge in [-0.3, -0.25) is 9.59 Å². The Bertz CT molecular complexity index is 795. The summed E-state index contributed by atoms with van der Waals surface area (Å²) >= 11 is 0. The molecule has 0 aromatic heterocycles. The number of amides is 2. The third-order valence-electron chi connectivity index (χ3n) is 6.49. The van der Waals surface area contributed by atoms with Crippen molar-refractivity contribution >= 4 is 11.8 Å². The van der Waals surface area contributed by atoms with E-state index in [1.54, 1.807) is 0 Å². The summed E-state index contributed by atoms with van der Waals surface area (Å²) < 4.78 is 53.9. The van der Waals surface area contributed by atoms with E-state index in [2.05, 4.69) is 10.1 Å². The van der Waals surface area contributed by atoms with Crippen LogP contribution in [0.2, 0.25) is 0 Å². The predicted octanol–water partition coefficient (Wildman–Crippen LogP) is 3.41. The van der Waals surface area contributed by atoms with Crippen LogP contribution in [-0.2, 0) is 4.79 Å². The van der Waals surface area contributed by atoms with Crippen molar-refractivity contribution in [2.24, 2.45) is 17.6 Å². The van der Waals surface area contributed by atoms with Gasteiger partial charge in [-0.05, 0) is 68.2 Å². The van der Waals surface area contributed by atoms with E-state index in [0.717, 1.165) is 25.0 Å². The quantitative estimate of drug-likeness (QED) is 0.639. The molecule has 2 aliphatic rings. The zero-order valence-corrected chi connectivity index (χ0v) is 17.9. The maximum Gasteiger partial charge on any atom is 0.573 e. The number of likely N-dealkylation sites (tertiary alicyclic amines) is 1. The smallest absolute Gasteiger partial charge is 0.406 e. The Labute approximate surface area is 184 Å². The molecule has 178 valence electrons. The SMILES string of the molecule is C[C@@H](C1CCC(NC(=O)c2ccc(OC(F)(F)F)cc2)CC1)C(N)C(=O)N1CC[C@H](F)C1. The molecule has 1 aromatic rings. The van der Waals surface area contributed by atoms with Gasteiger partial charge in [-0.2, -0.15) is 0 Å². The molecular weight excluding hydrogens is 430 g/mol. The summed E-state index contributed by atoms with van der Waals surface area (Å²) in [6.07, 6.45) is -2.39. The second kappa shape index (κ2) is 10.1. The second-order valence-corrected chi connectivity index (χ2v) is 8.71. The standard InChI is InChI=1S/C22H29F4N3O3/c1-13(19(27)21(31)29-11-10-16(23)12-29)14-2-6-17(7-3-14)28-20(30)15-4-8-18(9-5-15)32-22(24,25)26/h4-5,8-9,13-14,16-17,19H,2-3,6-7,10-12,27H2,1H3,(H,28,30)/t13-,14?,16-,17?,19?/m0/s1. The lowest BCUT2D eigenvalue weighted by Crippen LogP contribution is -2.49. The number of alkyl halides is 4. The van der Waals surface area contributed by atoms with Crippen LogP contribution in [-0.4, -0.2) is 54.4 Å². The Balaban J connectivity index is 1.46. The molecule has 1 aliphatic carbocycles. The van der Waals surface area contributed by atoms with Crippen molar-refractivity contribution in [2.75, 3.05) is 13.1 Å². The summed E-state index contributed by atoms with van der Waals surface area (Å²) in [4.78, 5) is 26.5. The van der Waals surface area contributed by atoms with Crippen molar-refractivity contribution < 1.29 is 31.9 Å². The predicted molar refractivity (Wildman–Crippen MR) is 110 cm³/mol. The number of rotatable bonds is 6. The number of hydrogen-bond donors (Lipinski definition) is 2. The van der Waals surface area contributed by atoms with Gasteiger partial charge in [0.05, 0.1) is 12.6 Å². The van der Waals surface area contributed by atoms with Gasteiger partial charge in [-0.1, -0.05) is 6.92 Å². The summed E-state index contributed by atoms with van der Waals surface area (Å²) in [5.74, 6) is -0.776. The molecule has 0 bridgehead atoms. The van der Waals surface area contributed by atoms with E-state index >= 15 is 0 Å². The van der Waals surface area contributed by atoms with Crippen molar-refractivity contribution in [2.45, 2.75) is 63.6 Å². The molecule has 32 heavy (non-hydrogen) atoms. The Morgan fingerprint density at radius 3 is 2.28 bits per heavy atom. The van der Waals surface area contributed by atoms with Gasteiger partial charge in [0, 0.05) is 18.2 Å². The van der Waals surface area contributed by atoms with Crippen LogP contribution in [0.4, 0.5) is 17.6 Å². The van der Waals surface area contributed by atoms with Crippen LogP contribution in [0.3, 0.4) is 0 Å². The summed E-state index contributed by atoms with van der Waals surface area (Å²) in [6, 6.07) is 4.05. The highest BCUT2D eigenvalue weighted by Gasteiger charge is 2.36. The first-order chi connectivity index (χ1) is 15.0. The molecule has 0 radical (unpaired) electrons. The Hall–Kier alpha value is -2.36. The number of carbonyl (C=O) groups excluding carboxylic acids is 2. The molecule has 1 aromatic carbocycles. The summed E-state index contributed by atoms with van der Waals surface area (Å²) in [5, 5.41) is 2.91. The third-order valence-corrected chi connectivity index (χ3v) is 6.49. The summed E-state index contributed by atoms with van der Waals surface area (Å²) in [7, 11) is 0. The number of nitrogens with one attached hydrogen (secondary N) is 1. The molecule has 3 atom stereocenters. The summed E-state index contributed by atoms with van der Waals surface area (Å²) in [5.41, 5.74) is 6.44. The first kappa shape index (κ1) is 24.3. The lowest BCUT2D eigenvalue weighted by Gasteiger charge is -2.35. The van der Waals surface area contributed by atoms with Crippen molar-refractivity contribution in [1.29, 1.82) is 0 Å². The molecule has 0 spiro atoms. The van der Waals surface area contributed by atoms with Crippen molar-refractivity contribution in [3.05, 3.63) is 29.8 Å². The third kappa shape index (κ3) is 6.34. The Kier molecular flexibility index (Phi) is 7.63. The van der Waals surface area contributed by atoms with E-state index in [1.165, 1.54) is 17.0 Å². The molecule has 10 heteroatoms. The lowest BCUT2D eigenvalue weighted by atomic mass is 9.76. The molecule has 1 unspecified atom stereocenters. The average molecular weight is 459 g/mol. The van der Waals surface area contributed by atoms with Gasteiger partial charge >= 0.3 is 6.36 Å². The first-order valence-electron chi connectivity index (χ1n) is 10.9. The number of halogens is 4. The first-order valence-corrected chi connectivity index (χ1v) is 10.9. The molecule has 1 heterocycles. The average Bonchev–Trinajstić information content (AvgIpc) is 3.18. The van der Waals surface area contributed by atoms with E-state index in [0.29, 0.717) is 25.8 Å². The van der Waals surface area contributed by atoms with E-state index < -0.39 is 18.6 Å². The van der Waals surface area contributed by atoms with Crippen LogP contribution in [0.5, 0.6) is 5.75 Å². The fraction of sp³-hybridized carbons (Fsp3) is 0.636. The molecule has 3 N–H and O–H groups in total. The highest BCUT2D eigenvalue weighted by Crippen LogP contribution is 2.32. The molecular formula is C22H29F4N3O3. The maximum absolute atomic E-state index is 13.4. The normalized spacial score (nSPS) is 25.8. The zero-order valence-electron chi connectivity index (χ0n) is 17.9. The van der Waals surface area contributed by atoms with Crippen LogP contribution < -0.4 is 15.8 Å². The van der Waals surface area contributed by atoms with E-state index in [-0.39, 0.29) is 47.5 Å². The monoisotopic (exact) mass is 459 g/mol. The fourth-order valence-corrected chi connectivity index (χ4v) is 4.51. The molecule has 2 amide bonds. The zero-order chi connectivity index (χ0) is 23.5. The molecule has 3 rings (SSSR count). The molecule has 1 saturated carbocycles. The van der Waals surface area contributed by atoms with Crippen LogP contribution in [0, 0.1) is 11.8 Å².